The van der Waals surface area contributed by atoms with Crippen LogP contribution in [0.2, 0.25) is 0 Å². The molecule has 0 bridgehead atoms. The van der Waals surface area contributed by atoms with Crippen molar-refractivity contribution in [2.45, 2.75) is 40.5 Å². The minimum atomic E-state index is 0.0617. The maximum absolute atomic E-state index is 11.4. The molecule has 0 aliphatic carbocycles. The molecule has 29 heavy (non-hydrogen) atoms. The van der Waals surface area contributed by atoms with Crippen LogP contribution in [0.4, 0.5) is 0 Å². The largest absolute Gasteiger partial charge is 0.379 e. The fraction of sp³-hybridized carbons (Fsp3) is 0.905. The molecule has 0 rings (SSSR count). The summed E-state index contributed by atoms with van der Waals surface area (Å²) >= 11 is 0. The van der Waals surface area contributed by atoms with Gasteiger partial charge in [0, 0.05) is 25.3 Å². The maximum Gasteiger partial charge on any atom is 0.220 e. The summed E-state index contributed by atoms with van der Waals surface area (Å²) in [5.41, 5.74) is 0. The number of hydrogen-bond acceptors (Lipinski definition) is 7. The van der Waals surface area contributed by atoms with Crippen molar-refractivity contribution < 1.29 is 33.3 Å². The molecule has 0 spiro atoms. The lowest BCUT2D eigenvalue weighted by molar-refractivity contribution is -0.123. The third-order valence-electron chi connectivity index (χ3n) is 3.79. The lowest BCUT2D eigenvalue weighted by Gasteiger charge is -2.09. The summed E-state index contributed by atoms with van der Waals surface area (Å²) in [6.07, 6.45) is 1.00. The zero-order valence-electron chi connectivity index (χ0n) is 18.7. The maximum atomic E-state index is 11.4. The molecule has 0 saturated carbocycles. The van der Waals surface area contributed by atoms with Crippen LogP contribution in [0.25, 0.3) is 0 Å². The molecule has 0 aromatic carbocycles. The Balaban J connectivity index is 3.14. The molecule has 0 aromatic rings. The van der Waals surface area contributed by atoms with Crippen molar-refractivity contribution in [1.29, 1.82) is 0 Å². The summed E-state index contributed by atoms with van der Waals surface area (Å²) in [5.74, 6) is 0.715. The number of nitrogens with one attached hydrogen (secondary N) is 1. The van der Waals surface area contributed by atoms with E-state index in [1.807, 2.05) is 27.7 Å². The van der Waals surface area contributed by atoms with Gasteiger partial charge in [-0.1, -0.05) is 27.7 Å². The van der Waals surface area contributed by atoms with Gasteiger partial charge in [0.1, 0.15) is 5.78 Å². The zero-order chi connectivity index (χ0) is 21.7. The van der Waals surface area contributed by atoms with Crippen molar-refractivity contribution in [3.05, 3.63) is 0 Å². The molecule has 0 aromatic heterocycles. The Bertz CT molecular complexity index is 402. The molecule has 1 amide bonds. The zero-order valence-corrected chi connectivity index (χ0v) is 18.7. The number of ether oxygens (including phenoxy) is 5. The van der Waals surface area contributed by atoms with E-state index in [-0.39, 0.29) is 17.6 Å². The Morgan fingerprint density at radius 1 is 0.655 bits per heavy atom. The molecule has 0 atom stereocenters. The van der Waals surface area contributed by atoms with Gasteiger partial charge in [-0.15, -0.1) is 0 Å². The Hall–Kier alpha value is -1.06. The first-order valence-electron chi connectivity index (χ1n) is 10.6. The van der Waals surface area contributed by atoms with E-state index in [0.29, 0.717) is 91.4 Å². The van der Waals surface area contributed by atoms with Crippen molar-refractivity contribution in [1.82, 2.24) is 5.32 Å². The molecule has 1 N–H and O–H groups in total. The Labute approximate surface area is 175 Å². The number of amides is 1. The fourth-order valence-electron chi connectivity index (χ4n) is 2.15. The highest BCUT2D eigenvalue weighted by molar-refractivity contribution is 5.80. The Morgan fingerprint density at radius 2 is 1.07 bits per heavy atom. The molecule has 0 heterocycles. The van der Waals surface area contributed by atoms with Crippen molar-refractivity contribution in [3.63, 3.8) is 0 Å². The second kappa shape index (κ2) is 20.2. The molecule has 0 radical (unpaired) electrons. The van der Waals surface area contributed by atoms with E-state index in [4.69, 9.17) is 23.7 Å². The van der Waals surface area contributed by atoms with Gasteiger partial charge in [-0.25, -0.2) is 0 Å². The van der Waals surface area contributed by atoms with Crippen LogP contribution in [0, 0.1) is 11.8 Å². The average Bonchev–Trinajstić information content (AvgIpc) is 2.66. The normalized spacial score (nSPS) is 11.4. The first-order valence-corrected chi connectivity index (χ1v) is 10.6. The summed E-state index contributed by atoms with van der Waals surface area (Å²) in [6.45, 7) is 13.2. The highest BCUT2D eigenvalue weighted by Crippen LogP contribution is 1.99. The minimum absolute atomic E-state index is 0.0617. The van der Waals surface area contributed by atoms with Crippen LogP contribution in [-0.4, -0.2) is 84.3 Å². The van der Waals surface area contributed by atoms with Crippen LogP contribution >= 0.6 is 0 Å². The van der Waals surface area contributed by atoms with E-state index in [1.54, 1.807) is 0 Å². The standard InChI is InChI=1S/C21H41NO7/c1-18(2)17-21(24)22-6-8-26-10-12-28-14-16-29-15-13-27-11-9-25-7-5-20(23)19(3)4/h18-19H,5-17H2,1-4H3,(H,22,24). The molecule has 8 heteroatoms. The predicted molar refractivity (Wildman–Crippen MR) is 111 cm³/mol. The number of carbonyl (C=O) groups is 2. The van der Waals surface area contributed by atoms with Crippen LogP contribution in [0.5, 0.6) is 0 Å². The number of carbonyl (C=O) groups excluding carboxylic acids is 2. The Kier molecular flexibility index (Phi) is 19.5. The quantitative estimate of drug-likeness (QED) is 0.284. The van der Waals surface area contributed by atoms with Gasteiger partial charge in [0.15, 0.2) is 0 Å². The lowest BCUT2D eigenvalue weighted by atomic mass is 10.1. The molecule has 8 nitrogen and oxygen atoms in total. The number of hydrogen-bond donors (Lipinski definition) is 1. The Morgan fingerprint density at radius 3 is 1.48 bits per heavy atom. The second-order valence-corrected chi connectivity index (χ2v) is 7.38. The van der Waals surface area contributed by atoms with Gasteiger partial charge in [0.25, 0.3) is 0 Å². The molecule has 0 fully saturated rings. The van der Waals surface area contributed by atoms with Crippen molar-refractivity contribution in [2.75, 3.05) is 72.6 Å². The fourth-order valence-corrected chi connectivity index (χ4v) is 2.15. The van der Waals surface area contributed by atoms with Crippen molar-refractivity contribution >= 4 is 11.7 Å². The summed E-state index contributed by atoms with van der Waals surface area (Å²) < 4.78 is 26.9. The number of Topliss-reactive ketones (excluding diaryl/α,β-unsaturated/α-hetero) is 1. The van der Waals surface area contributed by atoms with Crippen molar-refractivity contribution in [2.24, 2.45) is 11.8 Å². The first-order chi connectivity index (χ1) is 13.9. The average molecular weight is 420 g/mol. The van der Waals surface area contributed by atoms with Crippen LogP contribution in [0.3, 0.4) is 0 Å². The summed E-state index contributed by atoms with van der Waals surface area (Å²) in [6, 6.07) is 0. The van der Waals surface area contributed by atoms with Gasteiger partial charge < -0.3 is 29.0 Å². The second-order valence-electron chi connectivity index (χ2n) is 7.38. The van der Waals surface area contributed by atoms with Crippen LogP contribution in [0.1, 0.15) is 40.5 Å². The van der Waals surface area contributed by atoms with Crippen LogP contribution in [-0.2, 0) is 33.3 Å². The summed E-state index contributed by atoms with van der Waals surface area (Å²) in [7, 11) is 0. The van der Waals surface area contributed by atoms with Gasteiger partial charge in [-0.05, 0) is 5.92 Å². The van der Waals surface area contributed by atoms with Crippen LogP contribution < -0.4 is 5.32 Å². The van der Waals surface area contributed by atoms with Gasteiger partial charge in [-0.2, -0.15) is 0 Å². The topological polar surface area (TPSA) is 92.3 Å². The summed E-state index contributed by atoms with van der Waals surface area (Å²) in [5, 5.41) is 2.81. The van der Waals surface area contributed by atoms with E-state index < -0.39 is 0 Å². The molecule has 0 aliphatic rings. The minimum Gasteiger partial charge on any atom is -0.379 e. The van der Waals surface area contributed by atoms with E-state index >= 15 is 0 Å². The smallest absolute Gasteiger partial charge is 0.220 e. The lowest BCUT2D eigenvalue weighted by Crippen LogP contribution is -2.28. The molecule has 0 saturated heterocycles. The predicted octanol–water partition coefficient (Wildman–Crippen LogP) is 1.85. The monoisotopic (exact) mass is 419 g/mol. The molecular formula is C21H41NO7. The van der Waals surface area contributed by atoms with Gasteiger partial charge in [0.05, 0.1) is 66.1 Å². The summed E-state index contributed by atoms with van der Waals surface area (Å²) in [4.78, 5) is 22.8. The number of ketones is 1. The third kappa shape index (κ3) is 21.5. The van der Waals surface area contributed by atoms with E-state index in [9.17, 15) is 9.59 Å². The van der Waals surface area contributed by atoms with Crippen molar-refractivity contribution in [3.8, 4) is 0 Å². The molecular weight excluding hydrogens is 378 g/mol. The molecule has 0 aliphatic heterocycles. The highest BCUT2D eigenvalue weighted by atomic mass is 16.6. The van der Waals surface area contributed by atoms with Gasteiger partial charge in [-0.3, -0.25) is 9.59 Å². The molecule has 172 valence electrons. The van der Waals surface area contributed by atoms with Gasteiger partial charge in [0.2, 0.25) is 5.91 Å². The molecule has 0 unspecified atom stereocenters. The van der Waals surface area contributed by atoms with E-state index in [0.717, 1.165) is 0 Å². The number of rotatable bonds is 21. The SMILES string of the molecule is CC(C)CC(=O)NCCOCCOCCOCCOCCOCCC(=O)C(C)C. The van der Waals surface area contributed by atoms with Crippen LogP contribution in [0.15, 0.2) is 0 Å². The van der Waals surface area contributed by atoms with Gasteiger partial charge >= 0.3 is 0 Å². The van der Waals surface area contributed by atoms with E-state index in [1.165, 1.54) is 0 Å². The first kappa shape index (κ1) is 27.9. The third-order valence-corrected chi connectivity index (χ3v) is 3.79. The highest BCUT2D eigenvalue weighted by Gasteiger charge is 2.06. The van der Waals surface area contributed by atoms with E-state index in [2.05, 4.69) is 5.32 Å².